The second kappa shape index (κ2) is 10.2. The maximum absolute atomic E-state index is 13.3. The van der Waals surface area contributed by atoms with E-state index < -0.39 is 10.0 Å². The van der Waals surface area contributed by atoms with Gasteiger partial charge in [-0.3, -0.25) is 4.90 Å². The largest absolute Gasteiger partial charge is 0.379 e. The lowest BCUT2D eigenvalue weighted by Crippen LogP contribution is -2.46. The number of sulfonamides is 1. The molecule has 0 spiro atoms. The predicted molar refractivity (Wildman–Crippen MR) is 114 cm³/mol. The summed E-state index contributed by atoms with van der Waals surface area (Å²) >= 11 is 0. The van der Waals surface area contributed by atoms with Crippen LogP contribution >= 0.6 is 0 Å². The van der Waals surface area contributed by atoms with Crippen LogP contribution in [0, 0.1) is 5.82 Å². The number of hydrogen-bond donors (Lipinski definition) is 3. The van der Waals surface area contributed by atoms with Gasteiger partial charge in [-0.05, 0) is 42.3 Å². The Kier molecular flexibility index (Phi) is 7.60. The highest BCUT2D eigenvalue weighted by Crippen LogP contribution is 2.22. The van der Waals surface area contributed by atoms with Crippen LogP contribution in [0.3, 0.4) is 0 Å². The topological polar surface area (TPSA) is 114 Å². The van der Waals surface area contributed by atoms with Crippen molar-refractivity contribution in [3.05, 3.63) is 65.5 Å². The standard InChI is InChI=1S/C21H27FN4O4S/c1-15(16-4-8-19(9-5-16)31(23,28)29)25-21(27)24-14-20(26-10-12-30-13-11-26)17-2-6-18(22)7-3-17/h2-9,15,20H,10-14H2,1H3,(H2,23,28,29)(H2,24,25,27). The first-order valence-corrected chi connectivity index (χ1v) is 11.5. The molecular weight excluding hydrogens is 423 g/mol. The van der Waals surface area contributed by atoms with Gasteiger partial charge in [-0.15, -0.1) is 0 Å². The van der Waals surface area contributed by atoms with Crippen molar-refractivity contribution in [3.8, 4) is 0 Å². The number of carbonyl (C=O) groups excluding carboxylic acids is 1. The van der Waals surface area contributed by atoms with Gasteiger partial charge in [0.1, 0.15) is 5.82 Å². The molecule has 1 aliphatic heterocycles. The number of morpholine rings is 1. The van der Waals surface area contributed by atoms with Crippen molar-refractivity contribution < 1.29 is 22.3 Å². The van der Waals surface area contributed by atoms with Gasteiger partial charge < -0.3 is 15.4 Å². The fourth-order valence-electron chi connectivity index (χ4n) is 3.50. The Morgan fingerprint density at radius 1 is 1.10 bits per heavy atom. The van der Waals surface area contributed by atoms with Crippen molar-refractivity contribution in [2.45, 2.75) is 23.9 Å². The van der Waals surface area contributed by atoms with Crippen LogP contribution in [0.15, 0.2) is 53.4 Å². The smallest absolute Gasteiger partial charge is 0.315 e. The first-order chi connectivity index (χ1) is 14.7. The van der Waals surface area contributed by atoms with Crippen LogP contribution in [0.2, 0.25) is 0 Å². The molecule has 2 unspecified atom stereocenters. The maximum atomic E-state index is 13.3. The number of hydrogen-bond acceptors (Lipinski definition) is 5. The molecule has 0 bridgehead atoms. The Balaban J connectivity index is 1.61. The average molecular weight is 451 g/mol. The number of amides is 2. The lowest BCUT2D eigenvalue weighted by molar-refractivity contribution is 0.0167. The number of carbonyl (C=O) groups is 1. The number of urea groups is 1. The number of primary sulfonamides is 1. The molecule has 4 N–H and O–H groups in total. The Labute approximate surface area is 181 Å². The highest BCUT2D eigenvalue weighted by molar-refractivity contribution is 7.89. The number of ether oxygens (including phenoxy) is 1. The van der Waals surface area contributed by atoms with E-state index in [1.165, 1.54) is 24.3 Å². The quantitative estimate of drug-likeness (QED) is 0.596. The van der Waals surface area contributed by atoms with Gasteiger partial charge in [0.2, 0.25) is 10.0 Å². The van der Waals surface area contributed by atoms with Gasteiger partial charge in [-0.25, -0.2) is 22.7 Å². The van der Waals surface area contributed by atoms with E-state index in [1.807, 2.05) is 0 Å². The molecule has 168 valence electrons. The summed E-state index contributed by atoms with van der Waals surface area (Å²) < 4.78 is 41.5. The zero-order chi connectivity index (χ0) is 22.4. The second-order valence-electron chi connectivity index (χ2n) is 7.41. The molecule has 3 rings (SSSR count). The van der Waals surface area contributed by atoms with E-state index >= 15 is 0 Å². The normalized spacial score (nSPS) is 17.0. The van der Waals surface area contributed by atoms with Gasteiger partial charge in [0.25, 0.3) is 0 Å². The molecule has 1 heterocycles. The van der Waals surface area contributed by atoms with Crippen molar-refractivity contribution in [3.63, 3.8) is 0 Å². The Morgan fingerprint density at radius 3 is 2.26 bits per heavy atom. The van der Waals surface area contributed by atoms with E-state index in [9.17, 15) is 17.6 Å². The van der Waals surface area contributed by atoms with Crippen LogP contribution in [-0.2, 0) is 14.8 Å². The summed E-state index contributed by atoms with van der Waals surface area (Å²) in [5, 5.41) is 10.8. The van der Waals surface area contributed by atoms with Gasteiger partial charge in [0.05, 0.1) is 30.2 Å². The highest BCUT2D eigenvalue weighted by Gasteiger charge is 2.23. The van der Waals surface area contributed by atoms with Crippen LogP contribution < -0.4 is 15.8 Å². The molecule has 0 saturated carbocycles. The molecule has 2 atom stereocenters. The molecule has 0 radical (unpaired) electrons. The summed E-state index contributed by atoms with van der Waals surface area (Å²) in [6, 6.07) is 11.5. The van der Waals surface area contributed by atoms with Crippen LogP contribution in [0.5, 0.6) is 0 Å². The summed E-state index contributed by atoms with van der Waals surface area (Å²) in [5.41, 5.74) is 1.65. The fraction of sp³-hybridized carbons (Fsp3) is 0.381. The fourth-order valence-corrected chi connectivity index (χ4v) is 4.01. The third kappa shape index (κ3) is 6.47. The summed E-state index contributed by atoms with van der Waals surface area (Å²) in [4.78, 5) is 14.7. The molecule has 31 heavy (non-hydrogen) atoms. The molecule has 8 nitrogen and oxygen atoms in total. The number of nitrogens with one attached hydrogen (secondary N) is 2. The molecule has 1 aliphatic rings. The first-order valence-electron chi connectivity index (χ1n) is 9.98. The van der Waals surface area contributed by atoms with Crippen LogP contribution in [0.1, 0.15) is 30.1 Å². The molecule has 2 aromatic carbocycles. The van der Waals surface area contributed by atoms with E-state index in [0.717, 1.165) is 24.2 Å². The van der Waals surface area contributed by atoms with E-state index in [1.54, 1.807) is 31.2 Å². The van der Waals surface area contributed by atoms with E-state index in [-0.39, 0.29) is 28.8 Å². The van der Waals surface area contributed by atoms with Gasteiger partial charge in [0, 0.05) is 19.6 Å². The van der Waals surface area contributed by atoms with Crippen LogP contribution in [-0.4, -0.2) is 52.2 Å². The maximum Gasteiger partial charge on any atom is 0.315 e. The van der Waals surface area contributed by atoms with Gasteiger partial charge in [-0.1, -0.05) is 24.3 Å². The van der Waals surface area contributed by atoms with E-state index in [4.69, 9.17) is 9.88 Å². The van der Waals surface area contributed by atoms with Crippen molar-refractivity contribution in [1.29, 1.82) is 0 Å². The molecule has 1 saturated heterocycles. The molecular formula is C21H27FN4O4S. The minimum atomic E-state index is -3.76. The van der Waals surface area contributed by atoms with Crippen molar-refractivity contribution in [2.24, 2.45) is 5.14 Å². The van der Waals surface area contributed by atoms with E-state index in [0.29, 0.717) is 19.8 Å². The number of rotatable bonds is 7. The molecule has 2 aromatic rings. The third-order valence-electron chi connectivity index (χ3n) is 5.25. The monoisotopic (exact) mass is 450 g/mol. The van der Waals surface area contributed by atoms with Crippen LogP contribution in [0.4, 0.5) is 9.18 Å². The number of nitrogens with zero attached hydrogens (tertiary/aromatic N) is 1. The number of nitrogens with two attached hydrogens (primary N) is 1. The summed E-state index contributed by atoms with van der Waals surface area (Å²) in [6.07, 6.45) is 0. The molecule has 10 heteroatoms. The number of halogens is 1. The number of benzene rings is 2. The van der Waals surface area contributed by atoms with Crippen molar-refractivity contribution in [1.82, 2.24) is 15.5 Å². The Morgan fingerprint density at radius 2 is 1.68 bits per heavy atom. The SMILES string of the molecule is CC(NC(=O)NCC(c1ccc(F)cc1)N1CCOCC1)c1ccc(S(N)(=O)=O)cc1. The second-order valence-corrected chi connectivity index (χ2v) is 8.97. The summed E-state index contributed by atoms with van der Waals surface area (Å²) in [5.74, 6) is -0.308. The zero-order valence-electron chi connectivity index (χ0n) is 17.3. The van der Waals surface area contributed by atoms with Gasteiger partial charge in [-0.2, -0.15) is 0 Å². The lowest BCUT2D eigenvalue weighted by atomic mass is 10.0. The molecule has 0 aliphatic carbocycles. The van der Waals surface area contributed by atoms with Crippen molar-refractivity contribution in [2.75, 3.05) is 32.8 Å². The molecule has 1 fully saturated rings. The lowest BCUT2D eigenvalue weighted by Gasteiger charge is -2.35. The third-order valence-corrected chi connectivity index (χ3v) is 6.18. The van der Waals surface area contributed by atoms with Gasteiger partial charge >= 0.3 is 6.03 Å². The average Bonchev–Trinajstić information content (AvgIpc) is 2.75. The summed E-state index contributed by atoms with van der Waals surface area (Å²) in [6.45, 7) is 4.79. The Hall–Kier alpha value is -2.53. The first kappa shape index (κ1) is 23.1. The van der Waals surface area contributed by atoms with E-state index in [2.05, 4.69) is 15.5 Å². The molecule has 0 aromatic heterocycles. The Bertz CT molecular complexity index is 977. The van der Waals surface area contributed by atoms with Crippen molar-refractivity contribution >= 4 is 16.1 Å². The van der Waals surface area contributed by atoms with Gasteiger partial charge in [0.15, 0.2) is 0 Å². The minimum absolute atomic E-state index is 0.0144. The predicted octanol–water partition coefficient (Wildman–Crippen LogP) is 1.91. The zero-order valence-corrected chi connectivity index (χ0v) is 18.1. The summed E-state index contributed by atoms with van der Waals surface area (Å²) in [7, 11) is -3.76. The molecule has 2 amide bonds. The van der Waals surface area contributed by atoms with Crippen LogP contribution in [0.25, 0.3) is 0 Å². The minimum Gasteiger partial charge on any atom is -0.379 e. The highest BCUT2D eigenvalue weighted by atomic mass is 32.2.